The van der Waals surface area contributed by atoms with Gasteiger partial charge in [0.25, 0.3) is 0 Å². The van der Waals surface area contributed by atoms with Gasteiger partial charge < -0.3 is 0 Å². The molecule has 5 atom stereocenters. The molecule has 0 N–H and O–H groups in total. The largest absolute Gasteiger partial charge is 0.0622 e. The van der Waals surface area contributed by atoms with Crippen LogP contribution in [0, 0.1) is 56.2 Å². The van der Waals surface area contributed by atoms with Gasteiger partial charge in [0, 0.05) is 0 Å². The number of hydrogen-bond acceptors (Lipinski definition) is 0. The topological polar surface area (TPSA) is 0 Å². The van der Waals surface area contributed by atoms with E-state index in [-0.39, 0.29) is 0 Å². The molecule has 142 valence electrons. The van der Waals surface area contributed by atoms with Crippen molar-refractivity contribution >= 4 is 0 Å². The van der Waals surface area contributed by atoms with Crippen molar-refractivity contribution in [3.8, 4) is 0 Å². The quantitative estimate of drug-likeness (QED) is 0.486. The van der Waals surface area contributed by atoms with Gasteiger partial charge in [0.15, 0.2) is 0 Å². The minimum Gasteiger partial charge on any atom is -0.0622 e. The second-order valence-electron chi connectivity index (χ2n) is 12.8. The Morgan fingerprint density at radius 2 is 1.17 bits per heavy atom. The lowest BCUT2D eigenvalue weighted by Gasteiger charge is -2.80. The molecule has 3 aliphatic rings. The zero-order valence-electron chi connectivity index (χ0n) is 19.3. The first-order valence-electron chi connectivity index (χ1n) is 10.4. The standard InChI is InChI=1S/C24H46/c1-15(2)23-16(3)17(4)24(22(23,13)14,18(23)19(5,6)7)21(11,12)20(8,9)10/h15-18H,1-14H3. The van der Waals surface area contributed by atoms with Crippen LogP contribution < -0.4 is 0 Å². The van der Waals surface area contributed by atoms with E-state index >= 15 is 0 Å². The average molecular weight is 335 g/mol. The molecule has 2 bridgehead atoms. The molecule has 0 aromatic heterocycles. The third-order valence-corrected chi connectivity index (χ3v) is 10.0. The summed E-state index contributed by atoms with van der Waals surface area (Å²) in [4.78, 5) is 0. The summed E-state index contributed by atoms with van der Waals surface area (Å²) in [5, 5.41) is 0. The maximum absolute atomic E-state index is 2.63. The molecule has 0 aromatic carbocycles. The summed E-state index contributed by atoms with van der Waals surface area (Å²) in [6.45, 7) is 35.6. The normalized spacial score (nSPS) is 42.4. The van der Waals surface area contributed by atoms with E-state index in [1.165, 1.54) is 0 Å². The lowest BCUT2D eigenvalue weighted by Crippen LogP contribution is -2.76. The molecular weight excluding hydrogens is 288 g/mol. The predicted molar refractivity (Wildman–Crippen MR) is 108 cm³/mol. The Morgan fingerprint density at radius 3 is 1.46 bits per heavy atom. The Kier molecular flexibility index (Phi) is 4.09. The van der Waals surface area contributed by atoms with Gasteiger partial charge in [0.2, 0.25) is 0 Å². The van der Waals surface area contributed by atoms with E-state index in [4.69, 9.17) is 0 Å². The van der Waals surface area contributed by atoms with Gasteiger partial charge in [0.1, 0.15) is 0 Å². The molecule has 3 saturated carbocycles. The van der Waals surface area contributed by atoms with Crippen molar-refractivity contribution in [2.45, 2.75) is 96.9 Å². The summed E-state index contributed by atoms with van der Waals surface area (Å²) in [5.74, 6) is 3.08. The summed E-state index contributed by atoms with van der Waals surface area (Å²) in [6.07, 6.45) is 0. The Morgan fingerprint density at radius 1 is 0.750 bits per heavy atom. The molecule has 0 spiro atoms. The highest BCUT2D eigenvalue weighted by Crippen LogP contribution is 2.93. The maximum atomic E-state index is 2.63. The van der Waals surface area contributed by atoms with Gasteiger partial charge in [-0.3, -0.25) is 0 Å². The molecule has 0 heterocycles. The van der Waals surface area contributed by atoms with E-state index in [9.17, 15) is 0 Å². The van der Waals surface area contributed by atoms with Crippen LogP contribution in [-0.4, -0.2) is 0 Å². The fourth-order valence-electron chi connectivity index (χ4n) is 9.16. The van der Waals surface area contributed by atoms with Crippen molar-refractivity contribution in [2.24, 2.45) is 56.2 Å². The Labute approximate surface area is 153 Å². The Bertz CT molecular complexity index is 507. The average Bonchev–Trinajstić information content (AvgIpc) is 2.63. The van der Waals surface area contributed by atoms with Crippen molar-refractivity contribution in [3.63, 3.8) is 0 Å². The zero-order chi connectivity index (χ0) is 19.3. The third kappa shape index (κ3) is 1.68. The minimum absolute atomic E-state index is 0.296. The highest BCUT2D eigenvalue weighted by molar-refractivity contribution is 5.36. The highest BCUT2D eigenvalue weighted by Gasteiger charge is 2.89. The number of rotatable bonds is 2. The van der Waals surface area contributed by atoms with Crippen molar-refractivity contribution in [1.82, 2.24) is 0 Å². The van der Waals surface area contributed by atoms with Gasteiger partial charge in [-0.2, -0.15) is 0 Å². The first-order valence-corrected chi connectivity index (χ1v) is 10.4. The van der Waals surface area contributed by atoms with Crippen LogP contribution in [-0.2, 0) is 0 Å². The van der Waals surface area contributed by atoms with Crippen LogP contribution in [0.15, 0.2) is 0 Å². The van der Waals surface area contributed by atoms with E-state index < -0.39 is 0 Å². The fourth-order valence-corrected chi connectivity index (χ4v) is 9.16. The summed E-state index contributed by atoms with van der Waals surface area (Å²) in [5.41, 5.74) is 2.16. The Hall–Kier alpha value is 0. The summed E-state index contributed by atoms with van der Waals surface area (Å²) < 4.78 is 0. The van der Waals surface area contributed by atoms with Gasteiger partial charge in [-0.15, -0.1) is 0 Å². The molecule has 3 aliphatic carbocycles. The fraction of sp³-hybridized carbons (Fsp3) is 1.00. The molecule has 5 unspecified atom stereocenters. The van der Waals surface area contributed by atoms with Gasteiger partial charge in [-0.1, -0.05) is 96.9 Å². The van der Waals surface area contributed by atoms with Crippen LogP contribution in [0.5, 0.6) is 0 Å². The first kappa shape index (κ1) is 20.3. The van der Waals surface area contributed by atoms with E-state index in [2.05, 4.69) is 96.9 Å². The lowest BCUT2D eigenvalue weighted by molar-refractivity contribution is -0.332. The van der Waals surface area contributed by atoms with Crippen LogP contribution in [0.4, 0.5) is 0 Å². The smallest absolute Gasteiger partial charge is 0.0117 e. The first-order chi connectivity index (χ1) is 10.4. The molecule has 24 heavy (non-hydrogen) atoms. The van der Waals surface area contributed by atoms with Gasteiger partial charge in [-0.05, 0) is 56.2 Å². The van der Waals surface area contributed by atoms with Crippen molar-refractivity contribution in [2.75, 3.05) is 0 Å². The second kappa shape index (κ2) is 4.83. The van der Waals surface area contributed by atoms with E-state index in [1.54, 1.807) is 0 Å². The van der Waals surface area contributed by atoms with E-state index in [1.807, 2.05) is 0 Å². The van der Waals surface area contributed by atoms with Crippen LogP contribution in [0.25, 0.3) is 0 Å². The van der Waals surface area contributed by atoms with E-state index in [0.717, 1.165) is 23.7 Å². The SMILES string of the molecule is CC(C)C12C(C)C(C)C(C(C)(C)C(C)(C)C)(C1C(C)(C)C)C2(C)C. The van der Waals surface area contributed by atoms with E-state index in [0.29, 0.717) is 32.5 Å². The van der Waals surface area contributed by atoms with Crippen LogP contribution in [0.1, 0.15) is 96.9 Å². The lowest BCUT2D eigenvalue weighted by atomic mass is 9.24. The molecular formula is C24H46. The van der Waals surface area contributed by atoms with Crippen molar-refractivity contribution < 1.29 is 0 Å². The van der Waals surface area contributed by atoms with Crippen LogP contribution in [0.2, 0.25) is 0 Å². The van der Waals surface area contributed by atoms with Crippen LogP contribution >= 0.6 is 0 Å². The zero-order valence-corrected chi connectivity index (χ0v) is 19.3. The number of hydrogen-bond donors (Lipinski definition) is 0. The molecule has 0 aliphatic heterocycles. The summed E-state index contributed by atoms with van der Waals surface area (Å²) in [7, 11) is 0. The molecule has 0 saturated heterocycles. The monoisotopic (exact) mass is 334 g/mol. The van der Waals surface area contributed by atoms with Gasteiger partial charge >= 0.3 is 0 Å². The molecule has 0 radical (unpaired) electrons. The number of fused-ring (bicyclic) bond motifs is 1. The van der Waals surface area contributed by atoms with Crippen LogP contribution in [0.3, 0.4) is 0 Å². The van der Waals surface area contributed by atoms with Crippen molar-refractivity contribution in [3.05, 3.63) is 0 Å². The molecule has 0 nitrogen and oxygen atoms in total. The molecule has 3 rings (SSSR count). The third-order valence-electron chi connectivity index (χ3n) is 10.0. The summed E-state index contributed by atoms with van der Waals surface area (Å²) in [6, 6.07) is 0. The maximum Gasteiger partial charge on any atom is -0.0117 e. The Balaban J connectivity index is 2.89. The van der Waals surface area contributed by atoms with Crippen molar-refractivity contribution in [1.29, 1.82) is 0 Å². The van der Waals surface area contributed by atoms with Gasteiger partial charge in [-0.25, -0.2) is 0 Å². The van der Waals surface area contributed by atoms with Gasteiger partial charge in [0.05, 0.1) is 0 Å². The minimum atomic E-state index is 0.296. The second-order valence-corrected chi connectivity index (χ2v) is 12.8. The molecule has 3 fully saturated rings. The predicted octanol–water partition coefficient (Wildman–Crippen LogP) is 7.68. The highest BCUT2D eigenvalue weighted by atomic mass is 14.9. The molecule has 0 aromatic rings. The summed E-state index contributed by atoms with van der Waals surface area (Å²) >= 11 is 0. The molecule has 0 amide bonds. The molecule has 0 heteroatoms.